The molecule has 0 radical (unpaired) electrons. The third kappa shape index (κ3) is 8.81. The summed E-state index contributed by atoms with van der Waals surface area (Å²) in [4.78, 5) is 16.7. The van der Waals surface area contributed by atoms with Crippen molar-refractivity contribution in [2.24, 2.45) is 0 Å². The smallest absolute Gasteiger partial charge is 0.853 e. The molecule has 0 unspecified atom stereocenters. The van der Waals surface area contributed by atoms with Crippen molar-refractivity contribution in [2.75, 3.05) is 65.7 Å². The van der Waals surface area contributed by atoms with Gasteiger partial charge in [0.1, 0.15) is 0 Å². The predicted octanol–water partition coefficient (Wildman–Crippen LogP) is -4.74. The van der Waals surface area contributed by atoms with E-state index < -0.39 is 50.1 Å². The first-order valence-corrected chi connectivity index (χ1v) is 11.1. The zero-order valence-corrected chi connectivity index (χ0v) is 20.2. The number of hydrogen-bond acceptors (Lipinski definition) is 11. The van der Waals surface area contributed by atoms with E-state index in [1.807, 2.05) is 4.90 Å². The molecule has 0 spiro atoms. The minimum Gasteiger partial charge on any atom is -0.853 e. The number of carbonyl (C=O) groups is 1. The fourth-order valence-corrected chi connectivity index (χ4v) is 4.14. The number of carbonyl (C=O) groups excluding carboxylic acids is 1. The van der Waals surface area contributed by atoms with E-state index in [0.717, 1.165) is 5.56 Å². The molecular weight excluding hydrogens is 490 g/mol. The Hall–Kier alpha value is -1.15. The van der Waals surface area contributed by atoms with Crippen LogP contribution in [0.3, 0.4) is 0 Å². The minimum atomic E-state index is -1.25. The molecule has 12 heteroatoms. The van der Waals surface area contributed by atoms with Gasteiger partial charge in [0, 0.05) is 51.9 Å². The first-order chi connectivity index (χ1) is 15.8. The average Bonchev–Trinajstić information content (AvgIpc) is 2.92. The molecule has 1 aromatic carbocycles. The number of carboxylic acid groups (broad SMARTS) is 1. The van der Waals surface area contributed by atoms with Gasteiger partial charge in [-0.1, -0.05) is 24.3 Å². The Balaban J connectivity index is 0.00000578. The maximum Gasteiger partial charge on any atom is 6.00 e. The van der Waals surface area contributed by atoms with Crippen LogP contribution in [0.25, 0.3) is 0 Å². The van der Waals surface area contributed by atoms with E-state index in [2.05, 4.69) is 4.90 Å². The molecule has 0 saturated carbocycles. The average molecular weight is 525 g/mol. The van der Waals surface area contributed by atoms with E-state index in [0.29, 0.717) is 45.8 Å². The maximum absolute atomic E-state index is 11.8. The Morgan fingerprint density at radius 1 is 0.824 bits per heavy atom. The summed E-state index contributed by atoms with van der Waals surface area (Å²) in [5.41, 5.74) is 0.961. The van der Waals surface area contributed by atoms with E-state index in [1.165, 1.54) is 12.1 Å². The van der Waals surface area contributed by atoms with E-state index in [4.69, 9.17) is 0 Å². The largest absolute Gasteiger partial charge is 6.00 e. The molecule has 1 heterocycles. The summed E-state index contributed by atoms with van der Waals surface area (Å²) in [6, 6.07) is 4.86. The quantitative estimate of drug-likeness (QED) is 0.176. The second-order valence-corrected chi connectivity index (χ2v) is 8.32. The van der Waals surface area contributed by atoms with Gasteiger partial charge in [0.15, 0.2) is 0 Å². The topological polar surface area (TPSA) is 174 Å². The van der Waals surface area contributed by atoms with Gasteiger partial charge in [0.25, 0.3) is 0 Å². The minimum absolute atomic E-state index is 0. The van der Waals surface area contributed by atoms with Crippen LogP contribution in [-0.2, 0) is 23.6 Å². The summed E-state index contributed by atoms with van der Waals surface area (Å²) in [7, 11) is 0. The molecule has 1 aliphatic rings. The van der Waals surface area contributed by atoms with Crippen LogP contribution in [0.15, 0.2) is 24.3 Å². The van der Waals surface area contributed by atoms with Crippen LogP contribution in [-0.4, -0.2) is 136 Å². The van der Waals surface area contributed by atoms with Crippen LogP contribution in [0, 0.1) is 0 Å². The molecule has 1 fully saturated rings. The number of rotatable bonds is 11. The molecule has 0 aromatic heterocycles. The Bertz CT molecular complexity index is 684. The van der Waals surface area contributed by atoms with Crippen LogP contribution in [0.1, 0.15) is 15.9 Å². The van der Waals surface area contributed by atoms with Gasteiger partial charge in [-0.3, -0.25) is 14.7 Å². The zero-order valence-electron chi connectivity index (χ0n) is 19.1. The Kier molecular flexibility index (Phi) is 14.3. The van der Waals surface area contributed by atoms with Gasteiger partial charge < -0.3 is 40.5 Å². The third-order valence-electron chi connectivity index (χ3n) is 6.24. The van der Waals surface area contributed by atoms with E-state index in [1.54, 1.807) is 17.0 Å². The first-order valence-electron chi connectivity index (χ1n) is 11.1. The molecule has 0 bridgehead atoms. The van der Waals surface area contributed by atoms with Crippen LogP contribution >= 0.6 is 0 Å². The number of hydrogen-bond donors (Lipinski definition) is 5. The summed E-state index contributed by atoms with van der Waals surface area (Å²) >= 11 is 0. The molecule has 34 heavy (non-hydrogen) atoms. The fourth-order valence-electron chi connectivity index (χ4n) is 4.14. The second kappa shape index (κ2) is 15.8. The molecule has 1 aliphatic heterocycles. The van der Waals surface area contributed by atoms with Gasteiger partial charge in [-0.25, -0.2) is 0 Å². The summed E-state index contributed by atoms with van der Waals surface area (Å²) < 4.78 is 0. The summed E-state index contributed by atoms with van der Waals surface area (Å²) in [5, 5.41) is 71.6. The molecular formula is C22H35FeN3O8+4. The van der Waals surface area contributed by atoms with Gasteiger partial charge in [-0.05, 0) is 11.1 Å². The van der Waals surface area contributed by atoms with E-state index >= 15 is 0 Å². The molecule has 11 nitrogen and oxygen atoms in total. The molecule has 1 saturated heterocycles. The number of aromatic carboxylic acids is 1. The molecule has 4 atom stereocenters. The van der Waals surface area contributed by atoms with Crippen molar-refractivity contribution in [2.45, 2.75) is 30.8 Å². The Morgan fingerprint density at radius 2 is 1.29 bits per heavy atom. The van der Waals surface area contributed by atoms with Crippen LogP contribution in [0.5, 0.6) is 0 Å². The maximum atomic E-state index is 11.8. The third-order valence-corrected chi connectivity index (χ3v) is 6.24. The van der Waals surface area contributed by atoms with Gasteiger partial charge in [-0.2, -0.15) is 0 Å². The van der Waals surface area contributed by atoms with E-state index in [9.17, 15) is 40.5 Å². The normalized spacial score (nSPS) is 20.3. The van der Waals surface area contributed by atoms with Crippen molar-refractivity contribution < 1.29 is 57.6 Å². The first kappa shape index (κ1) is 30.9. The monoisotopic (exact) mass is 525 g/mol. The number of benzene rings is 1. The van der Waals surface area contributed by atoms with Gasteiger partial charge in [0.05, 0.1) is 44.0 Å². The van der Waals surface area contributed by atoms with Crippen molar-refractivity contribution in [3.63, 3.8) is 0 Å². The van der Waals surface area contributed by atoms with Crippen molar-refractivity contribution >= 4 is 5.97 Å². The Morgan fingerprint density at radius 3 is 1.74 bits per heavy atom. The van der Waals surface area contributed by atoms with Crippen molar-refractivity contribution in [1.29, 1.82) is 0 Å². The molecule has 0 aliphatic carbocycles. The number of aliphatic hydroxyl groups excluding tert-OH is 5. The summed E-state index contributed by atoms with van der Waals surface area (Å²) in [6.45, 7) is 1.23. The SMILES string of the molecule is O=C([O-])c1ccc(CN2CCN([C@H](C[O-])[C@H](O)CO)CCN([C@H](CO)[C@H](O)CO)CC2)cc1.[Fe+6]. The number of carboxylic acids is 1. The molecule has 2 rings (SSSR count). The van der Waals surface area contributed by atoms with E-state index in [-0.39, 0.29) is 29.2 Å². The number of nitrogens with zero attached hydrogens (tertiary/aromatic N) is 3. The predicted molar refractivity (Wildman–Crippen MR) is 115 cm³/mol. The van der Waals surface area contributed by atoms with Crippen molar-refractivity contribution in [3.05, 3.63) is 35.4 Å². The summed E-state index contributed by atoms with van der Waals surface area (Å²) in [5.74, 6) is -1.25. The molecule has 5 N–H and O–H groups in total. The standard InChI is InChI=1S/C22H36N3O8.Fe/c26-12-18(20(30)14-28)24-7-5-23(11-16-1-3-17(4-2-16)22(32)33)6-8-25(10-9-24)19(13-27)21(31)15-29;/h1-4,18-21,26,28-31H,5-15H2,(H,32,33);/q-1;+6/p-1/t18-,19-,20-,21-;/m1./s1. The van der Waals surface area contributed by atoms with Crippen LogP contribution < -0.4 is 10.2 Å². The van der Waals surface area contributed by atoms with Gasteiger partial charge >= 0.3 is 17.1 Å². The van der Waals surface area contributed by atoms with Crippen molar-refractivity contribution in [3.8, 4) is 0 Å². The second-order valence-electron chi connectivity index (χ2n) is 8.32. The van der Waals surface area contributed by atoms with Gasteiger partial charge in [-0.15, -0.1) is 6.61 Å². The van der Waals surface area contributed by atoms with Crippen LogP contribution in [0.2, 0.25) is 0 Å². The van der Waals surface area contributed by atoms with Crippen molar-refractivity contribution in [1.82, 2.24) is 14.7 Å². The summed E-state index contributed by atoms with van der Waals surface area (Å²) in [6.07, 6.45) is -2.34. The zero-order chi connectivity index (χ0) is 24.4. The molecule has 1 aromatic rings. The Labute approximate surface area is 210 Å². The van der Waals surface area contributed by atoms with Crippen LogP contribution in [0.4, 0.5) is 0 Å². The molecule has 190 valence electrons. The number of aliphatic hydroxyl groups is 5. The molecule has 0 amide bonds. The van der Waals surface area contributed by atoms with Gasteiger partial charge in [0.2, 0.25) is 0 Å². The fraction of sp³-hybridized carbons (Fsp3) is 0.682.